The van der Waals surface area contributed by atoms with Crippen molar-refractivity contribution in [1.82, 2.24) is 0 Å². The highest BCUT2D eigenvalue weighted by molar-refractivity contribution is 8.14. The van der Waals surface area contributed by atoms with Gasteiger partial charge >= 0.3 is 0 Å². The minimum atomic E-state index is 0.0475. The van der Waals surface area contributed by atoms with Crippen molar-refractivity contribution >= 4 is 16.9 Å². The number of aliphatic hydroxyl groups is 1. The lowest BCUT2D eigenvalue weighted by molar-refractivity contribution is -0.108. The summed E-state index contributed by atoms with van der Waals surface area (Å²) in [6.45, 7) is 1.57. The summed E-state index contributed by atoms with van der Waals surface area (Å²) in [4.78, 5) is 11.0. The van der Waals surface area contributed by atoms with E-state index in [4.69, 9.17) is 5.11 Å². The summed E-state index contributed by atoms with van der Waals surface area (Å²) in [5.74, 6) is 1.09. The number of carbonyl (C=O) groups is 1. The summed E-state index contributed by atoms with van der Waals surface area (Å²) in [6, 6.07) is 0. The van der Waals surface area contributed by atoms with Crippen molar-refractivity contribution in [2.45, 2.75) is 19.8 Å². The number of thioether (sulfide) groups is 1. The summed E-state index contributed by atoms with van der Waals surface area (Å²) in [6.07, 6.45) is 1.75. The monoisotopic (exact) mass is 158 g/mol. The molecule has 1 rings (SSSR count). The van der Waals surface area contributed by atoms with E-state index in [-0.39, 0.29) is 10.9 Å². The Bertz CT molecular complexity index is 180. The Labute approximate surface area is 64.3 Å². The molecule has 1 aliphatic rings. The van der Waals surface area contributed by atoms with Crippen LogP contribution in [0.2, 0.25) is 0 Å². The lowest BCUT2D eigenvalue weighted by Crippen LogP contribution is -2.07. The van der Waals surface area contributed by atoms with E-state index in [2.05, 4.69) is 0 Å². The molecule has 0 aromatic carbocycles. The van der Waals surface area contributed by atoms with Gasteiger partial charge in [-0.1, -0.05) is 11.8 Å². The van der Waals surface area contributed by atoms with Crippen molar-refractivity contribution in [2.75, 3.05) is 5.75 Å². The predicted molar refractivity (Wildman–Crippen MR) is 42.0 cm³/mol. The standard InChI is InChI=1S/C7H10O2S/c1-5(8)6-3-2-4-10-7(6)9/h8H,2-4H2,1H3. The summed E-state index contributed by atoms with van der Waals surface area (Å²) < 4.78 is 0. The molecule has 1 N–H and O–H groups in total. The van der Waals surface area contributed by atoms with Crippen LogP contribution in [-0.2, 0) is 4.79 Å². The lowest BCUT2D eigenvalue weighted by Gasteiger charge is -2.11. The van der Waals surface area contributed by atoms with Gasteiger partial charge < -0.3 is 5.11 Å². The van der Waals surface area contributed by atoms with Crippen LogP contribution in [0, 0.1) is 0 Å². The van der Waals surface area contributed by atoms with Crippen LogP contribution >= 0.6 is 11.8 Å². The lowest BCUT2D eigenvalue weighted by atomic mass is 10.1. The first-order chi connectivity index (χ1) is 4.72. The molecule has 0 aliphatic carbocycles. The van der Waals surface area contributed by atoms with E-state index in [9.17, 15) is 4.79 Å². The second-order valence-electron chi connectivity index (χ2n) is 2.30. The van der Waals surface area contributed by atoms with E-state index >= 15 is 0 Å². The number of hydrogen-bond acceptors (Lipinski definition) is 3. The maximum absolute atomic E-state index is 11.0. The normalized spacial score (nSPS) is 24.7. The molecule has 56 valence electrons. The summed E-state index contributed by atoms with van der Waals surface area (Å²) in [7, 11) is 0. The fourth-order valence-electron chi connectivity index (χ4n) is 0.932. The SMILES string of the molecule is CC(O)=C1CCCSC1=O. The Morgan fingerprint density at radius 2 is 2.40 bits per heavy atom. The third-order valence-corrected chi connectivity index (χ3v) is 2.49. The van der Waals surface area contributed by atoms with E-state index in [1.165, 1.54) is 11.8 Å². The van der Waals surface area contributed by atoms with E-state index < -0.39 is 0 Å². The average molecular weight is 158 g/mol. The molecule has 3 heteroatoms. The molecular formula is C7H10O2S. The maximum Gasteiger partial charge on any atom is 0.218 e. The largest absolute Gasteiger partial charge is 0.512 e. The molecule has 1 saturated heterocycles. The highest BCUT2D eigenvalue weighted by atomic mass is 32.2. The van der Waals surface area contributed by atoms with E-state index in [0.717, 1.165) is 18.6 Å². The van der Waals surface area contributed by atoms with Gasteiger partial charge in [0.15, 0.2) is 0 Å². The van der Waals surface area contributed by atoms with Gasteiger partial charge in [0.05, 0.1) is 5.76 Å². The Balaban J connectivity index is 2.75. The Morgan fingerprint density at radius 3 is 2.80 bits per heavy atom. The third-order valence-electron chi connectivity index (χ3n) is 1.49. The van der Waals surface area contributed by atoms with Gasteiger partial charge in [0.25, 0.3) is 0 Å². The third kappa shape index (κ3) is 1.53. The molecule has 0 atom stereocenters. The van der Waals surface area contributed by atoms with Crippen molar-refractivity contribution in [3.63, 3.8) is 0 Å². The van der Waals surface area contributed by atoms with Crippen LogP contribution in [0.25, 0.3) is 0 Å². The topological polar surface area (TPSA) is 37.3 Å². The molecule has 0 bridgehead atoms. The minimum absolute atomic E-state index is 0.0475. The number of rotatable bonds is 0. The van der Waals surface area contributed by atoms with E-state index in [0.29, 0.717) is 5.57 Å². The molecule has 0 spiro atoms. The van der Waals surface area contributed by atoms with Crippen molar-refractivity contribution in [3.05, 3.63) is 11.3 Å². The van der Waals surface area contributed by atoms with Gasteiger partial charge in [-0.3, -0.25) is 4.79 Å². The molecule has 1 fully saturated rings. The van der Waals surface area contributed by atoms with Gasteiger partial charge in [0, 0.05) is 11.3 Å². The molecule has 0 radical (unpaired) electrons. The average Bonchev–Trinajstić information content (AvgIpc) is 1.88. The number of carbonyl (C=O) groups excluding carboxylic acids is 1. The second-order valence-corrected chi connectivity index (χ2v) is 3.37. The van der Waals surface area contributed by atoms with E-state index in [1.54, 1.807) is 6.92 Å². The van der Waals surface area contributed by atoms with Crippen LogP contribution < -0.4 is 0 Å². The van der Waals surface area contributed by atoms with Crippen LogP contribution in [0.3, 0.4) is 0 Å². The molecule has 0 amide bonds. The summed E-state index contributed by atoms with van der Waals surface area (Å²) in [5.41, 5.74) is 0.608. The maximum atomic E-state index is 11.0. The molecular weight excluding hydrogens is 148 g/mol. The highest BCUT2D eigenvalue weighted by Gasteiger charge is 2.17. The smallest absolute Gasteiger partial charge is 0.218 e. The number of aliphatic hydroxyl groups excluding tert-OH is 1. The van der Waals surface area contributed by atoms with Crippen LogP contribution in [0.1, 0.15) is 19.8 Å². The van der Waals surface area contributed by atoms with Crippen molar-refractivity contribution in [1.29, 1.82) is 0 Å². The molecule has 2 nitrogen and oxygen atoms in total. The van der Waals surface area contributed by atoms with Gasteiger partial charge in [-0.2, -0.15) is 0 Å². The van der Waals surface area contributed by atoms with Gasteiger partial charge in [-0.05, 0) is 19.8 Å². The number of hydrogen-bond donors (Lipinski definition) is 1. The zero-order valence-corrected chi connectivity index (χ0v) is 6.70. The molecule has 0 unspecified atom stereocenters. The number of allylic oxidation sites excluding steroid dienone is 1. The van der Waals surface area contributed by atoms with Crippen molar-refractivity contribution < 1.29 is 9.90 Å². The first-order valence-corrected chi connectivity index (χ1v) is 4.26. The summed E-state index contributed by atoms with van der Waals surface area (Å²) >= 11 is 1.30. The predicted octanol–water partition coefficient (Wildman–Crippen LogP) is 1.87. The fraction of sp³-hybridized carbons (Fsp3) is 0.571. The van der Waals surface area contributed by atoms with E-state index in [1.807, 2.05) is 0 Å². The molecule has 0 aromatic rings. The molecule has 0 saturated carbocycles. The zero-order valence-electron chi connectivity index (χ0n) is 5.89. The Morgan fingerprint density at radius 1 is 1.70 bits per heavy atom. The zero-order chi connectivity index (χ0) is 7.56. The van der Waals surface area contributed by atoms with Gasteiger partial charge in [-0.15, -0.1) is 0 Å². The first kappa shape index (κ1) is 7.66. The molecule has 10 heavy (non-hydrogen) atoms. The first-order valence-electron chi connectivity index (χ1n) is 3.27. The van der Waals surface area contributed by atoms with Crippen LogP contribution in [0.15, 0.2) is 11.3 Å². The fourth-order valence-corrected chi connectivity index (χ4v) is 1.83. The molecule has 1 aliphatic heterocycles. The van der Waals surface area contributed by atoms with Crippen LogP contribution in [-0.4, -0.2) is 16.0 Å². The van der Waals surface area contributed by atoms with Gasteiger partial charge in [0.2, 0.25) is 5.12 Å². The Kier molecular flexibility index (Phi) is 2.38. The summed E-state index contributed by atoms with van der Waals surface area (Å²) in [5, 5.41) is 9.04. The highest BCUT2D eigenvalue weighted by Crippen LogP contribution is 2.25. The minimum Gasteiger partial charge on any atom is -0.512 e. The van der Waals surface area contributed by atoms with Crippen LogP contribution in [0.5, 0.6) is 0 Å². The van der Waals surface area contributed by atoms with Crippen molar-refractivity contribution in [3.8, 4) is 0 Å². The molecule has 1 heterocycles. The molecule has 0 aromatic heterocycles. The second kappa shape index (κ2) is 3.10. The van der Waals surface area contributed by atoms with Gasteiger partial charge in [0.1, 0.15) is 0 Å². The van der Waals surface area contributed by atoms with Crippen LogP contribution in [0.4, 0.5) is 0 Å². The Hall–Kier alpha value is -0.440. The van der Waals surface area contributed by atoms with Gasteiger partial charge in [-0.25, -0.2) is 0 Å². The van der Waals surface area contributed by atoms with Crippen molar-refractivity contribution in [2.24, 2.45) is 0 Å². The quantitative estimate of drug-likeness (QED) is 0.432.